The molecule has 9 rings (SSSR count). The van der Waals surface area contributed by atoms with Crippen LogP contribution in [-0.4, -0.2) is 72.6 Å². The fraction of sp³-hybridized carbons (Fsp3) is 0.378. The largest absolute Gasteiger partial charge is 0.490 e. The Morgan fingerprint density at radius 1 is 0.518 bits per heavy atom. The summed E-state index contributed by atoms with van der Waals surface area (Å²) in [5.41, 5.74) is 13.6. The Bertz CT molecular complexity index is 2220. The van der Waals surface area contributed by atoms with Gasteiger partial charge in [0.15, 0.2) is 23.0 Å². The van der Waals surface area contributed by atoms with Crippen LogP contribution in [0.15, 0.2) is 76.7 Å². The van der Waals surface area contributed by atoms with Gasteiger partial charge in [-0.1, -0.05) is 56.0 Å². The van der Waals surface area contributed by atoms with E-state index in [0.29, 0.717) is 104 Å². The molecule has 2 atom stereocenters. The van der Waals surface area contributed by atoms with Crippen LogP contribution in [0.3, 0.4) is 0 Å². The second kappa shape index (κ2) is 15.7. The van der Waals surface area contributed by atoms with Gasteiger partial charge >= 0.3 is 0 Å². The van der Waals surface area contributed by atoms with Gasteiger partial charge in [0.25, 0.3) is 11.8 Å². The van der Waals surface area contributed by atoms with E-state index in [1.54, 1.807) is 6.07 Å². The standard InChI is InChI=1S/C45H47N5O6/c46-33-13-12-30-20-35-26-48-39-24-43-41(22-37(39)45(52)50(35)28-32(30)18-33)54-15-8-4-2-1-3-7-14-53-40-21-36-38(23-42(40)55-16-9-17-56-43)47-25-34-19-29-10-5-6-11-31(29)27-49(34)44(36)51/h5-6,10-13,18,21-26,34-35H,1-4,7-9,14-17,19-20,27-28,46H2/t34-,35-/m0/s1. The molecule has 11 nitrogen and oxygen atoms in total. The van der Waals surface area contributed by atoms with Gasteiger partial charge in [0, 0.05) is 49.8 Å². The number of carbonyl (C=O) groups excluding carboxylic acids is 2. The van der Waals surface area contributed by atoms with E-state index in [2.05, 4.69) is 12.1 Å². The van der Waals surface area contributed by atoms with Crippen LogP contribution in [0.2, 0.25) is 0 Å². The molecule has 11 heteroatoms. The van der Waals surface area contributed by atoms with Crippen molar-refractivity contribution in [2.75, 3.05) is 32.2 Å². The molecule has 0 saturated carbocycles. The maximum Gasteiger partial charge on any atom is 0.257 e. The van der Waals surface area contributed by atoms with Crippen LogP contribution in [0.1, 0.15) is 87.9 Å². The second-order valence-electron chi connectivity index (χ2n) is 15.3. The molecule has 4 aromatic rings. The van der Waals surface area contributed by atoms with Crippen molar-refractivity contribution in [3.8, 4) is 23.0 Å². The van der Waals surface area contributed by atoms with E-state index in [1.165, 1.54) is 16.7 Å². The first-order valence-corrected chi connectivity index (χ1v) is 20.0. The minimum Gasteiger partial charge on any atom is -0.490 e. The van der Waals surface area contributed by atoms with Crippen molar-refractivity contribution < 1.29 is 28.5 Å². The Hall–Kier alpha value is -5.84. The van der Waals surface area contributed by atoms with E-state index in [9.17, 15) is 9.59 Å². The summed E-state index contributed by atoms with van der Waals surface area (Å²) in [4.78, 5) is 41.5. The number of fused-ring (bicyclic) bond motifs is 8. The maximum atomic E-state index is 14.1. The first-order valence-electron chi connectivity index (χ1n) is 20.0. The summed E-state index contributed by atoms with van der Waals surface area (Å²) >= 11 is 0. The summed E-state index contributed by atoms with van der Waals surface area (Å²) in [6.07, 6.45) is 11.7. The molecule has 0 radical (unpaired) electrons. The molecule has 5 aliphatic heterocycles. The van der Waals surface area contributed by atoms with E-state index in [1.807, 2.05) is 70.8 Å². The van der Waals surface area contributed by atoms with Gasteiger partial charge in [-0.05, 0) is 72.2 Å². The van der Waals surface area contributed by atoms with Crippen molar-refractivity contribution in [1.29, 1.82) is 0 Å². The molecular weight excluding hydrogens is 707 g/mol. The summed E-state index contributed by atoms with van der Waals surface area (Å²) in [5, 5.41) is 0. The third-order valence-corrected chi connectivity index (χ3v) is 11.4. The number of nitrogens with zero attached hydrogens (tertiary/aromatic N) is 4. The number of rotatable bonds is 0. The molecule has 0 unspecified atom stereocenters. The Balaban J connectivity index is 0.937. The van der Waals surface area contributed by atoms with Crippen LogP contribution in [0.4, 0.5) is 17.1 Å². The Kier molecular flexibility index (Phi) is 10.1. The van der Waals surface area contributed by atoms with Crippen molar-refractivity contribution in [2.45, 2.75) is 83.0 Å². The number of anilines is 1. The first-order chi connectivity index (χ1) is 27.5. The predicted molar refractivity (Wildman–Crippen MR) is 216 cm³/mol. The molecule has 0 bridgehead atoms. The fourth-order valence-corrected chi connectivity index (χ4v) is 8.33. The van der Waals surface area contributed by atoms with Crippen molar-refractivity contribution in [1.82, 2.24) is 9.80 Å². The summed E-state index contributed by atoms with van der Waals surface area (Å²) in [6.45, 7) is 2.74. The third kappa shape index (κ3) is 7.30. The van der Waals surface area contributed by atoms with Gasteiger partial charge in [-0.3, -0.25) is 19.6 Å². The number of aliphatic imine (C=N–C) groups is 2. The third-order valence-electron chi connectivity index (χ3n) is 11.4. The number of amides is 2. The molecular formula is C45H47N5O6. The first kappa shape index (κ1) is 35.8. The number of carbonyl (C=O) groups is 2. The highest BCUT2D eigenvalue weighted by Crippen LogP contribution is 2.41. The molecule has 5 aliphatic rings. The van der Waals surface area contributed by atoms with E-state index < -0.39 is 0 Å². The number of nitrogen functional groups attached to an aromatic ring is 1. The van der Waals surface area contributed by atoms with Crippen LogP contribution < -0.4 is 24.7 Å². The van der Waals surface area contributed by atoms with Crippen molar-refractivity contribution in [3.05, 3.63) is 100 Å². The minimum atomic E-state index is -0.159. The monoisotopic (exact) mass is 753 g/mol. The average Bonchev–Trinajstić information content (AvgIpc) is 3.42. The summed E-state index contributed by atoms with van der Waals surface area (Å²) in [5.74, 6) is 2.05. The van der Waals surface area contributed by atoms with E-state index in [0.717, 1.165) is 50.5 Å². The number of benzene rings is 4. The van der Waals surface area contributed by atoms with E-state index in [4.69, 9.17) is 34.7 Å². The fourth-order valence-electron chi connectivity index (χ4n) is 8.33. The van der Waals surface area contributed by atoms with Gasteiger partial charge in [0.2, 0.25) is 0 Å². The average molecular weight is 754 g/mol. The Morgan fingerprint density at radius 3 is 1.55 bits per heavy atom. The molecule has 5 heterocycles. The lowest BCUT2D eigenvalue weighted by Gasteiger charge is -2.34. The van der Waals surface area contributed by atoms with E-state index in [-0.39, 0.29) is 23.9 Å². The lowest BCUT2D eigenvalue weighted by molar-refractivity contribution is 0.0695. The minimum absolute atomic E-state index is 0.0524. The van der Waals surface area contributed by atoms with Gasteiger partial charge in [-0.25, -0.2) is 0 Å². The number of hydrogen-bond donors (Lipinski definition) is 1. The lowest BCUT2D eigenvalue weighted by atomic mass is 9.93. The maximum absolute atomic E-state index is 14.1. The molecule has 0 saturated heterocycles. The molecule has 4 aromatic carbocycles. The van der Waals surface area contributed by atoms with Gasteiger partial charge in [0.05, 0.1) is 61.0 Å². The number of hydrogen-bond acceptors (Lipinski definition) is 9. The lowest BCUT2D eigenvalue weighted by Crippen LogP contribution is -2.44. The van der Waals surface area contributed by atoms with Gasteiger partial charge in [-0.15, -0.1) is 0 Å². The van der Waals surface area contributed by atoms with Crippen LogP contribution >= 0.6 is 0 Å². The van der Waals surface area contributed by atoms with Crippen molar-refractivity contribution in [3.63, 3.8) is 0 Å². The normalized spacial score (nSPS) is 21.0. The quantitative estimate of drug-likeness (QED) is 0.182. The van der Waals surface area contributed by atoms with Crippen LogP contribution in [0.25, 0.3) is 0 Å². The Labute approximate surface area is 327 Å². The zero-order chi connectivity index (χ0) is 38.0. The second-order valence-corrected chi connectivity index (χ2v) is 15.3. The molecule has 2 amide bonds. The molecule has 0 fully saturated rings. The summed E-state index contributed by atoms with van der Waals surface area (Å²) < 4.78 is 25.3. The van der Waals surface area contributed by atoms with Crippen molar-refractivity contribution >= 4 is 41.3 Å². The highest BCUT2D eigenvalue weighted by atomic mass is 16.5. The highest BCUT2D eigenvalue weighted by Gasteiger charge is 2.35. The van der Waals surface area contributed by atoms with Crippen LogP contribution in [0.5, 0.6) is 23.0 Å². The molecule has 0 aromatic heterocycles. The van der Waals surface area contributed by atoms with Crippen molar-refractivity contribution in [2.24, 2.45) is 9.98 Å². The molecule has 56 heavy (non-hydrogen) atoms. The highest BCUT2D eigenvalue weighted by molar-refractivity contribution is 6.04. The SMILES string of the molecule is Nc1ccc2c(c1)CN1C(=O)c3cc4c(cc3N=C[C@@H]1C2)OCCCOc1cc2c(cc1OCCCCCCCCO4)C(=O)N1Cc3ccccc3C[C@H]1C=N2. The van der Waals surface area contributed by atoms with Crippen LogP contribution in [-0.2, 0) is 25.9 Å². The predicted octanol–water partition coefficient (Wildman–Crippen LogP) is 7.79. The van der Waals surface area contributed by atoms with Gasteiger partial charge < -0.3 is 34.5 Å². The van der Waals surface area contributed by atoms with Gasteiger partial charge in [-0.2, -0.15) is 0 Å². The summed E-state index contributed by atoms with van der Waals surface area (Å²) in [6, 6.07) is 21.2. The zero-order valence-electron chi connectivity index (χ0n) is 31.6. The molecule has 2 N–H and O–H groups in total. The van der Waals surface area contributed by atoms with Gasteiger partial charge in [0.1, 0.15) is 0 Å². The molecule has 0 spiro atoms. The number of ether oxygens (including phenoxy) is 4. The topological polar surface area (TPSA) is 128 Å². The van der Waals surface area contributed by atoms with E-state index >= 15 is 0 Å². The molecule has 0 aliphatic carbocycles. The zero-order valence-corrected chi connectivity index (χ0v) is 31.6. The smallest absolute Gasteiger partial charge is 0.257 e. The number of nitrogens with two attached hydrogens (primary N) is 1. The Morgan fingerprint density at radius 2 is 0.982 bits per heavy atom. The molecule has 288 valence electrons. The van der Waals surface area contributed by atoms with Crippen LogP contribution in [0, 0.1) is 0 Å². The summed E-state index contributed by atoms with van der Waals surface area (Å²) in [7, 11) is 0.